The average Bonchev–Trinajstić information content (AvgIpc) is 2.76. The van der Waals surface area contributed by atoms with Gasteiger partial charge in [-0.05, 0) is 23.8 Å². The van der Waals surface area contributed by atoms with Crippen molar-refractivity contribution in [2.24, 2.45) is 0 Å². The molecule has 2 aromatic carbocycles. The van der Waals surface area contributed by atoms with Crippen molar-refractivity contribution < 1.29 is 9.47 Å². The molecule has 1 aliphatic rings. The Kier molecular flexibility index (Phi) is 7.41. The van der Waals surface area contributed by atoms with Gasteiger partial charge in [-0.2, -0.15) is 0 Å². The number of hydrogen-bond acceptors (Lipinski definition) is 6. The minimum atomic E-state index is 0. The van der Waals surface area contributed by atoms with E-state index in [1.54, 1.807) is 25.7 Å². The summed E-state index contributed by atoms with van der Waals surface area (Å²) in [5, 5.41) is 3.51. The highest BCUT2D eigenvalue weighted by molar-refractivity contribution is 5.85. The van der Waals surface area contributed by atoms with Crippen molar-refractivity contribution in [1.29, 1.82) is 0 Å². The molecule has 2 heterocycles. The molecule has 4 rings (SSSR count). The fourth-order valence-electron chi connectivity index (χ4n) is 3.54. The van der Waals surface area contributed by atoms with Gasteiger partial charge in [0, 0.05) is 44.1 Å². The quantitative estimate of drug-likeness (QED) is 0.663. The van der Waals surface area contributed by atoms with Crippen LogP contribution in [0, 0.1) is 0 Å². The smallest absolute Gasteiger partial charge is 0.237 e. The summed E-state index contributed by atoms with van der Waals surface area (Å²) < 4.78 is 11.3. The minimum absolute atomic E-state index is 0. The number of piperazine rings is 1. The third kappa shape index (κ3) is 5.23. The van der Waals surface area contributed by atoms with Crippen LogP contribution < -0.4 is 14.8 Å². The molecule has 1 atom stereocenters. The molecule has 0 amide bonds. The highest BCUT2D eigenvalue weighted by Crippen LogP contribution is 2.31. The normalized spacial score (nSPS) is 16.7. The van der Waals surface area contributed by atoms with Crippen LogP contribution in [-0.4, -0.2) is 41.6 Å². The van der Waals surface area contributed by atoms with Crippen molar-refractivity contribution in [3.63, 3.8) is 0 Å². The third-order valence-corrected chi connectivity index (χ3v) is 4.92. The van der Waals surface area contributed by atoms with Gasteiger partial charge in [-0.3, -0.25) is 9.88 Å². The fourth-order valence-corrected chi connectivity index (χ4v) is 3.54. The Bertz CT molecular complexity index is 893. The zero-order valence-corrected chi connectivity index (χ0v) is 17.1. The molecule has 0 aliphatic carbocycles. The van der Waals surface area contributed by atoms with Gasteiger partial charge in [0.1, 0.15) is 11.5 Å². The lowest BCUT2D eigenvalue weighted by Crippen LogP contribution is -2.45. The molecule has 152 valence electrons. The van der Waals surface area contributed by atoms with E-state index in [9.17, 15) is 0 Å². The zero-order chi connectivity index (χ0) is 19.2. The Morgan fingerprint density at radius 1 is 1.10 bits per heavy atom. The summed E-state index contributed by atoms with van der Waals surface area (Å²) in [6, 6.07) is 16.7. The average molecular weight is 413 g/mol. The first-order valence-corrected chi connectivity index (χ1v) is 9.44. The van der Waals surface area contributed by atoms with E-state index in [1.807, 2.05) is 24.3 Å². The summed E-state index contributed by atoms with van der Waals surface area (Å²) in [7, 11) is 1.73. The van der Waals surface area contributed by atoms with E-state index in [-0.39, 0.29) is 18.4 Å². The van der Waals surface area contributed by atoms with Gasteiger partial charge in [0.15, 0.2) is 0 Å². The van der Waals surface area contributed by atoms with Crippen molar-refractivity contribution in [2.45, 2.75) is 12.6 Å². The molecule has 1 aliphatic heterocycles. The predicted octanol–water partition coefficient (Wildman–Crippen LogP) is 3.85. The van der Waals surface area contributed by atoms with Gasteiger partial charge in [0.05, 0.1) is 19.3 Å². The molecule has 1 N–H and O–H groups in total. The number of para-hydroxylation sites is 1. The van der Waals surface area contributed by atoms with Crippen LogP contribution in [0.15, 0.2) is 67.1 Å². The van der Waals surface area contributed by atoms with E-state index in [2.05, 4.69) is 44.5 Å². The Morgan fingerprint density at radius 2 is 1.93 bits per heavy atom. The molecule has 1 unspecified atom stereocenters. The van der Waals surface area contributed by atoms with Crippen LogP contribution >= 0.6 is 12.4 Å². The number of aromatic nitrogens is 2. The Labute approximate surface area is 177 Å². The Morgan fingerprint density at radius 3 is 2.69 bits per heavy atom. The minimum Gasteiger partial charge on any atom is -0.496 e. The molecule has 0 spiro atoms. The van der Waals surface area contributed by atoms with Crippen molar-refractivity contribution in [1.82, 2.24) is 20.2 Å². The summed E-state index contributed by atoms with van der Waals surface area (Å²) in [5.74, 6) is 2.19. The number of nitrogens with one attached hydrogen (secondary N) is 1. The summed E-state index contributed by atoms with van der Waals surface area (Å²) in [6.07, 6.45) is 4.85. The number of halogens is 1. The molecule has 29 heavy (non-hydrogen) atoms. The lowest BCUT2D eigenvalue weighted by atomic mass is 10.0. The molecule has 0 radical (unpaired) electrons. The molecule has 1 aromatic heterocycles. The lowest BCUT2D eigenvalue weighted by molar-refractivity contribution is 0.151. The number of rotatable bonds is 6. The Hall–Kier alpha value is -2.67. The molecule has 7 heteroatoms. The summed E-state index contributed by atoms with van der Waals surface area (Å²) in [5.41, 5.74) is 2.47. The van der Waals surface area contributed by atoms with Crippen molar-refractivity contribution in [2.75, 3.05) is 26.7 Å². The van der Waals surface area contributed by atoms with Crippen molar-refractivity contribution >= 4 is 12.4 Å². The molecule has 3 aromatic rings. The van der Waals surface area contributed by atoms with E-state index < -0.39 is 0 Å². The van der Waals surface area contributed by atoms with Gasteiger partial charge in [-0.1, -0.05) is 30.3 Å². The SMILES string of the molecule is COc1ccccc1C1CNCCN1Cc1ccc(Oc2cnccn2)cc1.Cl. The van der Waals surface area contributed by atoms with E-state index >= 15 is 0 Å². The van der Waals surface area contributed by atoms with E-state index in [0.29, 0.717) is 5.88 Å². The van der Waals surface area contributed by atoms with Gasteiger partial charge < -0.3 is 14.8 Å². The fraction of sp³-hybridized carbons (Fsp3) is 0.273. The number of ether oxygens (including phenoxy) is 2. The molecular formula is C22H25ClN4O2. The maximum atomic E-state index is 5.73. The summed E-state index contributed by atoms with van der Waals surface area (Å²) >= 11 is 0. The first-order chi connectivity index (χ1) is 13.8. The predicted molar refractivity (Wildman–Crippen MR) is 115 cm³/mol. The van der Waals surface area contributed by atoms with Gasteiger partial charge in [-0.25, -0.2) is 4.98 Å². The van der Waals surface area contributed by atoms with Gasteiger partial charge in [0.2, 0.25) is 5.88 Å². The molecule has 1 fully saturated rings. The van der Waals surface area contributed by atoms with Crippen LogP contribution in [0.4, 0.5) is 0 Å². The van der Waals surface area contributed by atoms with Gasteiger partial charge >= 0.3 is 0 Å². The maximum Gasteiger partial charge on any atom is 0.237 e. The third-order valence-electron chi connectivity index (χ3n) is 4.92. The van der Waals surface area contributed by atoms with Gasteiger partial charge in [0.25, 0.3) is 0 Å². The van der Waals surface area contributed by atoms with Crippen molar-refractivity contribution in [3.8, 4) is 17.4 Å². The second-order valence-electron chi connectivity index (χ2n) is 6.72. The summed E-state index contributed by atoms with van der Waals surface area (Å²) in [6.45, 7) is 3.75. The summed E-state index contributed by atoms with van der Waals surface area (Å²) in [4.78, 5) is 10.6. The van der Waals surface area contributed by atoms with Crippen molar-refractivity contribution in [3.05, 3.63) is 78.2 Å². The lowest BCUT2D eigenvalue weighted by Gasteiger charge is -2.37. The maximum absolute atomic E-state index is 5.73. The van der Waals surface area contributed by atoms with Crippen LogP contribution in [0.2, 0.25) is 0 Å². The Balaban J connectivity index is 0.00000240. The second-order valence-corrected chi connectivity index (χ2v) is 6.72. The highest BCUT2D eigenvalue weighted by atomic mass is 35.5. The number of hydrogen-bond donors (Lipinski definition) is 1. The van der Waals surface area contributed by atoms with Crippen LogP contribution in [0.5, 0.6) is 17.4 Å². The standard InChI is InChI=1S/C22H24N4O2.ClH/c1-27-21-5-3-2-4-19(21)20-14-24-12-13-26(20)16-17-6-8-18(9-7-17)28-22-15-23-10-11-25-22;/h2-11,15,20,24H,12-14,16H2,1H3;1H. The highest BCUT2D eigenvalue weighted by Gasteiger charge is 2.26. The molecule has 1 saturated heterocycles. The van der Waals surface area contributed by atoms with Crippen LogP contribution in [-0.2, 0) is 6.54 Å². The molecule has 0 bridgehead atoms. The molecule has 0 saturated carbocycles. The van der Waals surface area contributed by atoms with E-state index in [1.165, 1.54) is 11.1 Å². The number of methoxy groups -OCH3 is 1. The first-order valence-electron chi connectivity index (χ1n) is 9.44. The monoisotopic (exact) mass is 412 g/mol. The number of benzene rings is 2. The van der Waals surface area contributed by atoms with E-state index in [4.69, 9.17) is 9.47 Å². The van der Waals surface area contributed by atoms with Crippen LogP contribution in [0.3, 0.4) is 0 Å². The number of nitrogens with zero attached hydrogens (tertiary/aromatic N) is 3. The van der Waals surface area contributed by atoms with Crippen LogP contribution in [0.1, 0.15) is 17.2 Å². The van der Waals surface area contributed by atoms with Crippen LogP contribution in [0.25, 0.3) is 0 Å². The van der Waals surface area contributed by atoms with E-state index in [0.717, 1.165) is 37.7 Å². The second kappa shape index (κ2) is 10.2. The molecular weight excluding hydrogens is 388 g/mol. The molecule has 6 nitrogen and oxygen atoms in total. The zero-order valence-electron chi connectivity index (χ0n) is 16.3. The topological polar surface area (TPSA) is 59.5 Å². The first kappa shape index (κ1) is 21.0. The van der Waals surface area contributed by atoms with Gasteiger partial charge in [-0.15, -0.1) is 12.4 Å². The largest absolute Gasteiger partial charge is 0.496 e.